The molecule has 0 spiro atoms. The zero-order chi connectivity index (χ0) is 28.8. The van der Waals surface area contributed by atoms with Gasteiger partial charge in [-0.25, -0.2) is 0 Å². The Labute approximate surface area is 236 Å². The third-order valence-corrected chi connectivity index (χ3v) is 6.80. The summed E-state index contributed by atoms with van der Waals surface area (Å²) in [5.74, 6) is -0.301. The van der Waals surface area contributed by atoms with E-state index >= 15 is 0 Å². The predicted molar refractivity (Wildman–Crippen MR) is 159 cm³/mol. The summed E-state index contributed by atoms with van der Waals surface area (Å²) in [6.45, 7) is 6.64. The number of aliphatic hydroxyl groups excluding tert-OH is 1. The Morgan fingerprint density at radius 1 is 0.900 bits per heavy atom. The van der Waals surface area contributed by atoms with Gasteiger partial charge in [0.15, 0.2) is 0 Å². The van der Waals surface area contributed by atoms with E-state index in [2.05, 4.69) is 6.92 Å². The van der Waals surface area contributed by atoms with Gasteiger partial charge in [0, 0.05) is 31.0 Å². The molecule has 0 bridgehead atoms. The number of carbonyl (C=O) groups is 2. The van der Waals surface area contributed by atoms with Gasteiger partial charge in [0.2, 0.25) is 0 Å². The van der Waals surface area contributed by atoms with Crippen LogP contribution in [0.15, 0.2) is 78.4 Å². The van der Waals surface area contributed by atoms with E-state index in [-0.39, 0.29) is 17.4 Å². The lowest BCUT2D eigenvalue weighted by molar-refractivity contribution is -0.132. The van der Waals surface area contributed by atoms with Gasteiger partial charge in [-0.2, -0.15) is 0 Å². The van der Waals surface area contributed by atoms with E-state index in [4.69, 9.17) is 9.47 Å². The topological polar surface area (TPSA) is 79.3 Å². The highest BCUT2D eigenvalue weighted by Crippen LogP contribution is 2.43. The van der Waals surface area contributed by atoms with Gasteiger partial charge in [0.25, 0.3) is 11.7 Å². The Morgan fingerprint density at radius 2 is 1.52 bits per heavy atom. The van der Waals surface area contributed by atoms with Crippen LogP contribution in [0.1, 0.15) is 57.2 Å². The first kappa shape index (κ1) is 28.7. The first-order chi connectivity index (χ1) is 19.2. The molecule has 1 fully saturated rings. The van der Waals surface area contributed by atoms with Gasteiger partial charge in [-0.3, -0.25) is 14.5 Å². The molecule has 0 aromatic heterocycles. The quantitative estimate of drug-likeness (QED) is 0.125. The van der Waals surface area contributed by atoms with Crippen molar-refractivity contribution in [2.45, 2.75) is 52.2 Å². The van der Waals surface area contributed by atoms with Crippen LogP contribution in [-0.2, 0) is 9.59 Å². The largest absolute Gasteiger partial charge is 0.507 e. The molecule has 1 aliphatic heterocycles. The number of nitrogens with zero attached hydrogens (tertiary/aromatic N) is 2. The molecule has 7 heteroatoms. The van der Waals surface area contributed by atoms with Crippen LogP contribution in [0, 0.1) is 0 Å². The van der Waals surface area contributed by atoms with E-state index in [1.54, 1.807) is 48.5 Å². The first-order valence-electron chi connectivity index (χ1n) is 13.8. The number of aliphatic hydroxyl groups is 1. The molecule has 1 unspecified atom stereocenters. The SMILES string of the molecule is CCCCCOc1ccc(/C(O)=C2/C(=O)C(=O)N(c3ccc(OC(C)C)cc3)C2c2ccc(N(C)C)cc2)cc1. The van der Waals surface area contributed by atoms with E-state index in [1.165, 1.54) is 4.90 Å². The molecule has 1 saturated heterocycles. The van der Waals surface area contributed by atoms with Gasteiger partial charge >= 0.3 is 0 Å². The number of Topliss-reactive ketones (excluding diaryl/α,β-unsaturated/α-hetero) is 1. The van der Waals surface area contributed by atoms with Crippen LogP contribution in [0.4, 0.5) is 11.4 Å². The van der Waals surface area contributed by atoms with Gasteiger partial charge in [-0.05, 0) is 86.5 Å². The summed E-state index contributed by atoms with van der Waals surface area (Å²) in [7, 11) is 3.89. The maximum absolute atomic E-state index is 13.5. The second-order valence-corrected chi connectivity index (χ2v) is 10.4. The van der Waals surface area contributed by atoms with Crippen molar-refractivity contribution in [2.75, 3.05) is 30.5 Å². The smallest absolute Gasteiger partial charge is 0.300 e. The molecule has 0 radical (unpaired) electrons. The van der Waals surface area contributed by atoms with E-state index < -0.39 is 17.7 Å². The maximum atomic E-state index is 13.5. The normalized spacial score (nSPS) is 16.4. The zero-order valence-corrected chi connectivity index (χ0v) is 23.9. The molecule has 4 rings (SSSR count). The molecule has 3 aromatic rings. The van der Waals surface area contributed by atoms with E-state index in [0.717, 1.165) is 24.9 Å². The highest BCUT2D eigenvalue weighted by atomic mass is 16.5. The molecule has 1 aliphatic rings. The molecule has 1 N–H and O–H groups in total. The van der Waals surface area contributed by atoms with Gasteiger partial charge in [-0.1, -0.05) is 31.9 Å². The molecule has 7 nitrogen and oxygen atoms in total. The number of amides is 1. The number of rotatable bonds is 11. The van der Waals surface area contributed by atoms with Crippen molar-refractivity contribution >= 4 is 28.8 Å². The molecule has 3 aromatic carbocycles. The Balaban J connectivity index is 1.74. The number of unbranched alkanes of at least 4 members (excludes halogenated alkanes) is 2. The minimum atomic E-state index is -0.807. The fraction of sp³-hybridized carbons (Fsp3) is 0.333. The third kappa shape index (κ3) is 6.30. The lowest BCUT2D eigenvalue weighted by Gasteiger charge is -2.26. The summed E-state index contributed by atoms with van der Waals surface area (Å²) in [6, 6.07) is 20.9. The summed E-state index contributed by atoms with van der Waals surface area (Å²) in [5, 5.41) is 11.4. The van der Waals surface area contributed by atoms with E-state index in [0.29, 0.717) is 34.9 Å². The van der Waals surface area contributed by atoms with Crippen molar-refractivity contribution < 1.29 is 24.2 Å². The van der Waals surface area contributed by atoms with Crippen LogP contribution in [0.25, 0.3) is 5.76 Å². The molecule has 0 aliphatic carbocycles. The fourth-order valence-corrected chi connectivity index (χ4v) is 4.73. The summed E-state index contributed by atoms with van der Waals surface area (Å²) in [5.41, 5.74) is 2.71. The third-order valence-electron chi connectivity index (χ3n) is 6.80. The molecule has 40 heavy (non-hydrogen) atoms. The Kier molecular flexibility index (Phi) is 9.15. The monoisotopic (exact) mass is 542 g/mol. The highest BCUT2D eigenvalue weighted by Gasteiger charge is 2.47. The molecule has 210 valence electrons. The lowest BCUT2D eigenvalue weighted by atomic mass is 9.95. The predicted octanol–water partition coefficient (Wildman–Crippen LogP) is 6.74. The lowest BCUT2D eigenvalue weighted by Crippen LogP contribution is -2.29. The fourth-order valence-electron chi connectivity index (χ4n) is 4.73. The van der Waals surface area contributed by atoms with Gasteiger partial charge in [-0.15, -0.1) is 0 Å². The zero-order valence-electron chi connectivity index (χ0n) is 23.9. The molecular formula is C33H38N2O5. The standard InChI is InChI=1S/C33H38N2O5/c1-6-7-8-21-39-27-17-11-24(12-18-27)31(36)29-30(23-9-13-25(14-10-23)34(4)5)35(33(38)32(29)37)26-15-19-28(20-16-26)40-22(2)3/h9-20,22,30,36H,6-8,21H2,1-5H3/b31-29-. The average Bonchev–Trinajstić information content (AvgIpc) is 3.21. The number of carbonyl (C=O) groups excluding carboxylic acids is 2. The van der Waals surface area contributed by atoms with Crippen LogP contribution in [0.5, 0.6) is 11.5 Å². The van der Waals surface area contributed by atoms with E-state index in [9.17, 15) is 14.7 Å². The summed E-state index contributed by atoms with van der Waals surface area (Å²) in [6.07, 6.45) is 3.19. The molecule has 0 saturated carbocycles. The summed E-state index contributed by atoms with van der Waals surface area (Å²) >= 11 is 0. The van der Waals surface area contributed by atoms with Gasteiger partial charge < -0.3 is 19.5 Å². The molecule has 1 amide bonds. The van der Waals surface area contributed by atoms with Gasteiger partial charge in [0.05, 0.1) is 24.3 Å². The van der Waals surface area contributed by atoms with Crippen molar-refractivity contribution in [1.29, 1.82) is 0 Å². The molecule has 1 atom stereocenters. The molecular weight excluding hydrogens is 504 g/mol. The number of hydrogen-bond donors (Lipinski definition) is 1. The number of benzene rings is 3. The van der Waals surface area contributed by atoms with Crippen LogP contribution in [0.3, 0.4) is 0 Å². The number of ether oxygens (including phenoxy) is 2. The Hall–Kier alpha value is -4.26. The van der Waals surface area contributed by atoms with Crippen LogP contribution in [-0.4, -0.2) is 43.6 Å². The van der Waals surface area contributed by atoms with Crippen LogP contribution in [0.2, 0.25) is 0 Å². The second kappa shape index (κ2) is 12.7. The van der Waals surface area contributed by atoms with Crippen molar-refractivity contribution in [2.24, 2.45) is 0 Å². The summed E-state index contributed by atoms with van der Waals surface area (Å²) in [4.78, 5) is 30.4. The van der Waals surface area contributed by atoms with Crippen LogP contribution < -0.4 is 19.3 Å². The van der Waals surface area contributed by atoms with Crippen molar-refractivity contribution in [3.63, 3.8) is 0 Å². The maximum Gasteiger partial charge on any atom is 0.300 e. The Morgan fingerprint density at radius 3 is 2.10 bits per heavy atom. The highest BCUT2D eigenvalue weighted by molar-refractivity contribution is 6.51. The number of ketones is 1. The van der Waals surface area contributed by atoms with Crippen molar-refractivity contribution in [3.05, 3.63) is 89.5 Å². The average molecular weight is 543 g/mol. The first-order valence-corrected chi connectivity index (χ1v) is 13.8. The van der Waals surface area contributed by atoms with E-state index in [1.807, 2.05) is 57.1 Å². The molecule has 1 heterocycles. The number of anilines is 2. The van der Waals surface area contributed by atoms with Gasteiger partial charge in [0.1, 0.15) is 17.3 Å². The number of hydrogen-bond acceptors (Lipinski definition) is 6. The van der Waals surface area contributed by atoms with Crippen LogP contribution >= 0.6 is 0 Å². The summed E-state index contributed by atoms with van der Waals surface area (Å²) < 4.78 is 11.6. The minimum absolute atomic E-state index is 0.00317. The van der Waals surface area contributed by atoms with Crippen molar-refractivity contribution in [3.8, 4) is 11.5 Å². The Bertz CT molecular complexity index is 1340. The minimum Gasteiger partial charge on any atom is -0.507 e. The second-order valence-electron chi connectivity index (χ2n) is 10.4. The van der Waals surface area contributed by atoms with Crippen molar-refractivity contribution in [1.82, 2.24) is 0 Å².